The lowest BCUT2D eigenvalue weighted by Gasteiger charge is -2.35. The molecule has 4 atom stereocenters. The van der Waals surface area contributed by atoms with E-state index in [0.717, 1.165) is 24.8 Å². The second-order valence-electron chi connectivity index (χ2n) is 6.28. The van der Waals surface area contributed by atoms with Gasteiger partial charge in [0.15, 0.2) is 6.10 Å². The highest BCUT2D eigenvalue weighted by Gasteiger charge is 2.35. The molecule has 1 aromatic heterocycles. The van der Waals surface area contributed by atoms with Crippen molar-refractivity contribution in [1.29, 1.82) is 0 Å². The Bertz CT molecular complexity index is 664. The highest BCUT2D eigenvalue weighted by atomic mass is 16.6. The smallest absolute Gasteiger partial charge is 0.252 e. The predicted molar refractivity (Wildman–Crippen MR) is 83.7 cm³/mol. The number of aromatic nitrogens is 2. The van der Waals surface area contributed by atoms with Crippen LogP contribution in [0.4, 0.5) is 0 Å². The number of carbonyl (C=O) groups is 1. The minimum atomic E-state index is -0.561. The van der Waals surface area contributed by atoms with Crippen LogP contribution in [0.1, 0.15) is 30.1 Å². The van der Waals surface area contributed by atoms with Crippen LogP contribution >= 0.6 is 0 Å². The summed E-state index contributed by atoms with van der Waals surface area (Å²) < 4.78 is 13.5. The van der Waals surface area contributed by atoms with Crippen molar-refractivity contribution in [3.8, 4) is 0 Å². The number of fused-ring (bicyclic) bond motifs is 2. The molecule has 0 aromatic carbocycles. The number of carbonyl (C=O) groups excluding carboxylic acids is 1. The van der Waals surface area contributed by atoms with Crippen molar-refractivity contribution < 1.29 is 14.3 Å². The van der Waals surface area contributed by atoms with E-state index in [1.165, 1.54) is 5.69 Å². The lowest BCUT2D eigenvalue weighted by Crippen LogP contribution is -2.50. The molecule has 1 saturated heterocycles. The van der Waals surface area contributed by atoms with Gasteiger partial charge < -0.3 is 14.8 Å². The molecule has 1 aliphatic heterocycles. The van der Waals surface area contributed by atoms with Crippen molar-refractivity contribution in [3.05, 3.63) is 41.8 Å². The van der Waals surface area contributed by atoms with E-state index in [0.29, 0.717) is 0 Å². The number of nitrogens with zero attached hydrogens (tertiary/aromatic N) is 2. The van der Waals surface area contributed by atoms with Crippen LogP contribution in [0.2, 0.25) is 0 Å². The maximum atomic E-state index is 12.6. The van der Waals surface area contributed by atoms with Crippen LogP contribution in [0.25, 0.3) is 0 Å². The summed E-state index contributed by atoms with van der Waals surface area (Å²) in [5.74, 6) is -0.104. The normalized spacial score (nSPS) is 32.2. The molecule has 1 N–H and O–H groups in total. The summed E-state index contributed by atoms with van der Waals surface area (Å²) in [6.45, 7) is 0.289. The van der Waals surface area contributed by atoms with Gasteiger partial charge >= 0.3 is 0 Å². The second-order valence-corrected chi connectivity index (χ2v) is 6.28. The fraction of sp³-hybridized carbons (Fsp3) is 0.529. The van der Waals surface area contributed by atoms with E-state index in [-0.39, 0.29) is 30.8 Å². The van der Waals surface area contributed by atoms with Gasteiger partial charge in [-0.3, -0.25) is 9.48 Å². The summed E-state index contributed by atoms with van der Waals surface area (Å²) in [5, 5.41) is 7.43. The molecule has 0 unspecified atom stereocenters. The monoisotopic (exact) mass is 315 g/mol. The van der Waals surface area contributed by atoms with Crippen molar-refractivity contribution in [3.63, 3.8) is 0 Å². The average Bonchev–Trinajstić information content (AvgIpc) is 2.97. The Hall–Kier alpha value is -1.92. The lowest BCUT2D eigenvalue weighted by atomic mass is 9.93. The molecule has 1 fully saturated rings. The number of aryl methyl sites for hydroxylation is 1. The van der Waals surface area contributed by atoms with Crippen molar-refractivity contribution in [2.75, 3.05) is 6.61 Å². The summed E-state index contributed by atoms with van der Waals surface area (Å²) in [6, 6.07) is 0.0167. The Morgan fingerprint density at radius 1 is 1.35 bits per heavy atom. The van der Waals surface area contributed by atoms with Gasteiger partial charge in [0.25, 0.3) is 5.91 Å². The highest BCUT2D eigenvalue weighted by Crippen LogP contribution is 2.29. The molecule has 0 saturated carbocycles. The molecule has 6 heteroatoms. The number of nitrogens with one attached hydrogen (secondary N) is 1. The molecule has 2 heterocycles. The molecule has 3 aliphatic rings. The third-order valence-corrected chi connectivity index (χ3v) is 4.78. The van der Waals surface area contributed by atoms with Crippen molar-refractivity contribution >= 4 is 5.91 Å². The van der Waals surface area contributed by atoms with Crippen LogP contribution in [-0.4, -0.2) is 40.6 Å². The number of hydrogen-bond acceptors (Lipinski definition) is 4. The van der Waals surface area contributed by atoms with Crippen LogP contribution in [0, 0.1) is 0 Å². The van der Waals surface area contributed by atoms with E-state index in [2.05, 4.69) is 10.4 Å². The summed E-state index contributed by atoms with van der Waals surface area (Å²) in [6.07, 6.45) is 11.8. The average molecular weight is 315 g/mol. The Kier molecular flexibility index (Phi) is 3.79. The summed E-state index contributed by atoms with van der Waals surface area (Å²) in [5.41, 5.74) is 2.34. The number of allylic oxidation sites excluding steroid dienone is 2. The summed E-state index contributed by atoms with van der Waals surface area (Å²) in [7, 11) is 1.95. The van der Waals surface area contributed by atoms with Crippen LogP contribution in [0.15, 0.2) is 30.5 Å². The second kappa shape index (κ2) is 5.94. The SMILES string of the molecule is Cn1ncc2c1CCC[C@@H]2NC(=O)[C@@H]1CO[C@H]2C=CC=C[C@@H]2O1. The van der Waals surface area contributed by atoms with Crippen LogP contribution in [0.3, 0.4) is 0 Å². The molecule has 0 bridgehead atoms. The van der Waals surface area contributed by atoms with E-state index in [4.69, 9.17) is 9.47 Å². The fourth-order valence-corrected chi connectivity index (χ4v) is 3.53. The first-order valence-electron chi connectivity index (χ1n) is 8.15. The van der Waals surface area contributed by atoms with Crippen LogP contribution in [0.5, 0.6) is 0 Å². The molecule has 4 rings (SSSR count). The molecular formula is C17H21N3O3. The van der Waals surface area contributed by atoms with Gasteiger partial charge in [-0.2, -0.15) is 5.10 Å². The van der Waals surface area contributed by atoms with E-state index in [1.54, 1.807) is 0 Å². The van der Waals surface area contributed by atoms with E-state index >= 15 is 0 Å². The first kappa shape index (κ1) is 14.7. The number of hydrogen-bond donors (Lipinski definition) is 1. The largest absolute Gasteiger partial charge is 0.368 e. The minimum absolute atomic E-state index is 0.0167. The molecule has 0 spiro atoms. The lowest BCUT2D eigenvalue weighted by molar-refractivity contribution is -0.168. The van der Waals surface area contributed by atoms with Gasteiger partial charge in [0.2, 0.25) is 0 Å². The molecule has 2 aliphatic carbocycles. The molecule has 1 aromatic rings. The van der Waals surface area contributed by atoms with Crippen molar-refractivity contribution in [1.82, 2.24) is 15.1 Å². The number of rotatable bonds is 2. The maximum Gasteiger partial charge on any atom is 0.252 e. The fourth-order valence-electron chi connectivity index (χ4n) is 3.53. The zero-order valence-electron chi connectivity index (χ0n) is 13.1. The number of amides is 1. The Morgan fingerprint density at radius 2 is 2.17 bits per heavy atom. The summed E-state index contributed by atoms with van der Waals surface area (Å²) in [4.78, 5) is 12.6. The zero-order chi connectivity index (χ0) is 15.8. The van der Waals surface area contributed by atoms with Gasteiger partial charge in [-0.15, -0.1) is 0 Å². The van der Waals surface area contributed by atoms with Crippen LogP contribution in [-0.2, 0) is 27.7 Å². The van der Waals surface area contributed by atoms with Gasteiger partial charge in [0, 0.05) is 18.3 Å². The molecule has 122 valence electrons. The maximum absolute atomic E-state index is 12.6. The molecule has 1 amide bonds. The highest BCUT2D eigenvalue weighted by molar-refractivity contribution is 5.81. The van der Waals surface area contributed by atoms with Crippen molar-refractivity contribution in [2.24, 2.45) is 7.05 Å². The van der Waals surface area contributed by atoms with Gasteiger partial charge in [0.05, 0.1) is 18.8 Å². The van der Waals surface area contributed by atoms with Crippen LogP contribution < -0.4 is 5.32 Å². The van der Waals surface area contributed by atoms with Gasteiger partial charge in [-0.1, -0.05) is 24.3 Å². The van der Waals surface area contributed by atoms with Crippen molar-refractivity contribution in [2.45, 2.75) is 43.6 Å². The van der Waals surface area contributed by atoms with Gasteiger partial charge in [-0.25, -0.2) is 0 Å². The Balaban J connectivity index is 1.43. The first-order chi connectivity index (χ1) is 11.2. The van der Waals surface area contributed by atoms with Gasteiger partial charge in [0.1, 0.15) is 12.2 Å². The molecule has 23 heavy (non-hydrogen) atoms. The predicted octanol–water partition coefficient (Wildman–Crippen LogP) is 1.19. The standard InChI is InChI=1S/C17H21N3O3/c1-20-13-6-4-5-12(11(13)9-18-20)19-17(21)16-10-22-14-7-2-3-8-15(14)23-16/h2-3,7-9,12,14-16H,4-6,10H2,1H3,(H,19,21)/t12-,14-,15-,16-/m0/s1. The van der Waals surface area contributed by atoms with E-state index < -0.39 is 6.10 Å². The Morgan fingerprint density at radius 3 is 3.04 bits per heavy atom. The number of ether oxygens (including phenoxy) is 2. The zero-order valence-corrected chi connectivity index (χ0v) is 13.1. The first-order valence-corrected chi connectivity index (χ1v) is 8.15. The third-order valence-electron chi connectivity index (χ3n) is 4.78. The quantitative estimate of drug-likeness (QED) is 0.890. The van der Waals surface area contributed by atoms with E-state index in [9.17, 15) is 4.79 Å². The summed E-state index contributed by atoms with van der Waals surface area (Å²) >= 11 is 0. The van der Waals surface area contributed by atoms with E-state index in [1.807, 2.05) is 42.2 Å². The minimum Gasteiger partial charge on any atom is -0.368 e. The molecule has 6 nitrogen and oxygen atoms in total. The molecule has 0 radical (unpaired) electrons. The van der Waals surface area contributed by atoms with Gasteiger partial charge in [-0.05, 0) is 19.3 Å². The third kappa shape index (κ3) is 2.72. The Labute approximate surface area is 135 Å². The topological polar surface area (TPSA) is 65.4 Å². The molecular weight excluding hydrogens is 294 g/mol.